The Hall–Kier alpha value is -2.53. The van der Waals surface area contributed by atoms with Crippen molar-refractivity contribution in [3.63, 3.8) is 0 Å². The van der Waals surface area contributed by atoms with Crippen LogP contribution in [0, 0.1) is 6.92 Å². The van der Waals surface area contributed by atoms with Crippen LogP contribution in [0.1, 0.15) is 24.0 Å². The lowest BCUT2D eigenvalue weighted by Crippen LogP contribution is -2.50. The molecule has 5 nitrogen and oxygen atoms in total. The number of piperidine rings is 1. The molecule has 5 heteroatoms. The molecule has 0 aromatic heterocycles. The fraction of sp³-hybridized carbons (Fsp3) is 0.435. The van der Waals surface area contributed by atoms with Crippen LogP contribution >= 0.6 is 0 Å². The lowest BCUT2D eigenvalue weighted by Gasteiger charge is -2.37. The first kappa shape index (κ1) is 20.2. The number of likely N-dealkylation sites (tertiary alicyclic amines) is 1. The number of benzene rings is 2. The monoisotopic (exact) mass is 381 g/mol. The number of urea groups is 1. The van der Waals surface area contributed by atoms with Gasteiger partial charge in [-0.2, -0.15) is 0 Å². The summed E-state index contributed by atoms with van der Waals surface area (Å²) in [5.41, 5.74) is 3.17. The van der Waals surface area contributed by atoms with E-state index >= 15 is 0 Å². The zero-order valence-corrected chi connectivity index (χ0v) is 17.1. The maximum Gasteiger partial charge on any atom is 0.322 e. The second kappa shape index (κ2) is 9.60. The average Bonchev–Trinajstić information content (AvgIpc) is 2.73. The number of anilines is 1. The van der Waals surface area contributed by atoms with Crippen molar-refractivity contribution in [3.05, 3.63) is 59.7 Å². The van der Waals surface area contributed by atoms with Gasteiger partial charge in [-0.15, -0.1) is 0 Å². The zero-order chi connectivity index (χ0) is 19.9. The van der Waals surface area contributed by atoms with Crippen LogP contribution in [0.5, 0.6) is 5.75 Å². The lowest BCUT2D eigenvalue weighted by molar-refractivity contribution is 0.133. The fourth-order valence-electron chi connectivity index (χ4n) is 3.75. The molecular weight excluding hydrogens is 350 g/mol. The highest BCUT2D eigenvalue weighted by atomic mass is 16.5. The molecule has 150 valence electrons. The predicted molar refractivity (Wildman–Crippen MR) is 114 cm³/mol. The Kier molecular flexibility index (Phi) is 6.93. The summed E-state index contributed by atoms with van der Waals surface area (Å²) in [4.78, 5) is 17.1. The van der Waals surface area contributed by atoms with Crippen molar-refractivity contribution in [3.8, 4) is 5.75 Å². The minimum atomic E-state index is -0.0509. The van der Waals surface area contributed by atoms with Gasteiger partial charge in [0.05, 0.1) is 12.8 Å². The Morgan fingerprint density at radius 2 is 2.04 bits per heavy atom. The molecule has 0 radical (unpaired) electrons. The van der Waals surface area contributed by atoms with Crippen molar-refractivity contribution in [1.29, 1.82) is 0 Å². The highest BCUT2D eigenvalue weighted by Crippen LogP contribution is 2.26. The molecule has 0 aliphatic carbocycles. The lowest BCUT2D eigenvalue weighted by atomic mass is 10.0. The summed E-state index contributed by atoms with van der Waals surface area (Å²) in [7, 11) is 3.79. The van der Waals surface area contributed by atoms with Crippen LogP contribution in [-0.2, 0) is 6.42 Å². The largest absolute Gasteiger partial charge is 0.495 e. The molecule has 1 N–H and O–H groups in total. The number of hydrogen-bond donors (Lipinski definition) is 1. The third-order valence-corrected chi connectivity index (χ3v) is 5.50. The van der Waals surface area contributed by atoms with Crippen LogP contribution in [0.3, 0.4) is 0 Å². The first-order valence-corrected chi connectivity index (χ1v) is 10.0. The molecule has 1 aliphatic heterocycles. The van der Waals surface area contributed by atoms with Crippen molar-refractivity contribution in [2.24, 2.45) is 0 Å². The quantitative estimate of drug-likeness (QED) is 0.817. The maximum atomic E-state index is 12.8. The summed E-state index contributed by atoms with van der Waals surface area (Å²) in [5.74, 6) is 0.687. The molecule has 1 heterocycles. The van der Waals surface area contributed by atoms with Gasteiger partial charge >= 0.3 is 6.03 Å². The van der Waals surface area contributed by atoms with Crippen molar-refractivity contribution < 1.29 is 9.53 Å². The number of carbonyl (C=O) groups excluding carboxylic acids is 1. The van der Waals surface area contributed by atoms with Gasteiger partial charge in [0, 0.05) is 25.7 Å². The van der Waals surface area contributed by atoms with Gasteiger partial charge in [-0.05, 0) is 56.5 Å². The Balaban J connectivity index is 1.56. The molecule has 1 atom stereocenters. The Bertz CT molecular complexity index is 779. The Morgan fingerprint density at radius 3 is 2.79 bits per heavy atom. The molecule has 0 unspecified atom stereocenters. The van der Waals surface area contributed by atoms with Crippen molar-refractivity contribution in [2.75, 3.05) is 39.1 Å². The van der Waals surface area contributed by atoms with E-state index in [1.165, 1.54) is 5.56 Å². The molecule has 2 aromatic rings. The number of aryl methyl sites for hydroxylation is 1. The van der Waals surface area contributed by atoms with Gasteiger partial charge in [-0.3, -0.25) is 0 Å². The summed E-state index contributed by atoms with van der Waals surface area (Å²) < 4.78 is 5.38. The summed E-state index contributed by atoms with van der Waals surface area (Å²) >= 11 is 0. The minimum absolute atomic E-state index is 0.0509. The summed E-state index contributed by atoms with van der Waals surface area (Å²) in [6.07, 6.45) is 3.18. The SMILES string of the molecule is COc1ccc(C)cc1NC(=O)N1CCC[C@@H](N(C)CCc2ccccc2)C1. The van der Waals surface area contributed by atoms with E-state index < -0.39 is 0 Å². The van der Waals surface area contributed by atoms with E-state index in [1.54, 1.807) is 7.11 Å². The standard InChI is InChI=1S/C23H31N3O2/c1-18-11-12-22(28-3)21(16-18)24-23(27)26-14-7-10-20(17-26)25(2)15-13-19-8-5-4-6-9-19/h4-6,8-9,11-12,16,20H,7,10,13-15,17H2,1-3H3,(H,24,27)/t20-/m1/s1. The molecule has 2 amide bonds. The molecule has 3 rings (SSSR count). The number of carbonyl (C=O) groups is 1. The minimum Gasteiger partial charge on any atom is -0.495 e. The van der Waals surface area contributed by atoms with E-state index in [-0.39, 0.29) is 6.03 Å². The average molecular weight is 382 g/mol. The molecule has 1 aliphatic rings. The van der Waals surface area contributed by atoms with E-state index in [9.17, 15) is 4.79 Å². The Morgan fingerprint density at radius 1 is 1.25 bits per heavy atom. The van der Waals surface area contributed by atoms with E-state index in [1.807, 2.05) is 36.1 Å². The number of amides is 2. The number of ether oxygens (including phenoxy) is 1. The number of methoxy groups -OCH3 is 1. The van der Waals surface area contributed by atoms with Crippen LogP contribution in [0.15, 0.2) is 48.5 Å². The predicted octanol–water partition coefficient (Wildman–Crippen LogP) is 4.17. The number of nitrogens with one attached hydrogen (secondary N) is 1. The van der Waals surface area contributed by atoms with Gasteiger partial charge in [-0.25, -0.2) is 4.79 Å². The Labute approximate surface area is 168 Å². The van der Waals surface area contributed by atoms with E-state index in [4.69, 9.17) is 4.74 Å². The first-order valence-electron chi connectivity index (χ1n) is 10.0. The van der Waals surface area contributed by atoms with Crippen molar-refractivity contribution in [2.45, 2.75) is 32.2 Å². The van der Waals surface area contributed by atoms with Gasteiger partial charge in [0.25, 0.3) is 0 Å². The van der Waals surface area contributed by atoms with Crippen LogP contribution in [0.25, 0.3) is 0 Å². The van der Waals surface area contributed by atoms with E-state index in [0.29, 0.717) is 11.8 Å². The van der Waals surface area contributed by atoms with Gasteiger partial charge in [0.15, 0.2) is 0 Å². The molecule has 0 spiro atoms. The maximum absolute atomic E-state index is 12.8. The number of nitrogens with zero attached hydrogens (tertiary/aromatic N) is 2. The highest BCUT2D eigenvalue weighted by molar-refractivity contribution is 5.91. The number of rotatable bonds is 6. The molecule has 1 fully saturated rings. The smallest absolute Gasteiger partial charge is 0.322 e. The molecule has 1 saturated heterocycles. The van der Waals surface area contributed by atoms with Crippen LogP contribution in [0.4, 0.5) is 10.5 Å². The first-order chi connectivity index (χ1) is 13.6. The molecular formula is C23H31N3O2. The molecule has 0 bridgehead atoms. The zero-order valence-electron chi connectivity index (χ0n) is 17.1. The van der Waals surface area contributed by atoms with Gasteiger partial charge in [0.1, 0.15) is 5.75 Å². The second-order valence-electron chi connectivity index (χ2n) is 7.59. The van der Waals surface area contributed by atoms with E-state index in [2.05, 4.69) is 41.5 Å². The molecule has 28 heavy (non-hydrogen) atoms. The summed E-state index contributed by atoms with van der Waals surface area (Å²) in [5, 5.41) is 3.03. The third-order valence-electron chi connectivity index (χ3n) is 5.50. The highest BCUT2D eigenvalue weighted by Gasteiger charge is 2.26. The van der Waals surface area contributed by atoms with Crippen LogP contribution in [0.2, 0.25) is 0 Å². The van der Waals surface area contributed by atoms with Crippen molar-refractivity contribution in [1.82, 2.24) is 9.80 Å². The van der Waals surface area contributed by atoms with Gasteiger partial charge in [-0.1, -0.05) is 36.4 Å². The fourth-order valence-corrected chi connectivity index (χ4v) is 3.75. The van der Waals surface area contributed by atoms with Crippen LogP contribution < -0.4 is 10.1 Å². The topological polar surface area (TPSA) is 44.8 Å². The number of hydrogen-bond acceptors (Lipinski definition) is 3. The summed E-state index contributed by atoms with van der Waals surface area (Å²) in [6.45, 7) is 4.55. The molecule has 2 aromatic carbocycles. The van der Waals surface area contributed by atoms with Gasteiger partial charge < -0.3 is 19.9 Å². The van der Waals surface area contributed by atoms with E-state index in [0.717, 1.165) is 50.1 Å². The van der Waals surface area contributed by atoms with Crippen LogP contribution in [-0.4, -0.2) is 55.7 Å². The van der Waals surface area contributed by atoms with Gasteiger partial charge in [0.2, 0.25) is 0 Å². The van der Waals surface area contributed by atoms with Crippen molar-refractivity contribution >= 4 is 11.7 Å². The summed E-state index contributed by atoms with van der Waals surface area (Å²) in [6, 6.07) is 16.7. The normalized spacial score (nSPS) is 16.9. The second-order valence-corrected chi connectivity index (χ2v) is 7.59. The number of likely N-dealkylation sites (N-methyl/N-ethyl adjacent to an activating group) is 1. The third kappa shape index (κ3) is 5.26. The molecule has 0 saturated carbocycles.